The molecule has 0 aromatic rings. The third-order valence-electron chi connectivity index (χ3n) is 4.24. The minimum absolute atomic E-state index is 0.778. The van der Waals surface area contributed by atoms with Crippen molar-refractivity contribution >= 4 is 20.0 Å². The van der Waals surface area contributed by atoms with Crippen LogP contribution in [0, 0.1) is 0 Å². The normalized spacial score (nSPS) is 20.0. The van der Waals surface area contributed by atoms with Crippen molar-refractivity contribution in [2.75, 3.05) is 19.6 Å². The van der Waals surface area contributed by atoms with Crippen LogP contribution in [0.1, 0.15) is 46.0 Å². The van der Waals surface area contributed by atoms with Gasteiger partial charge in [-0.05, 0) is 31.9 Å². The molecular formula is C16H26F6N2O4S2. The van der Waals surface area contributed by atoms with E-state index >= 15 is 0 Å². The van der Waals surface area contributed by atoms with E-state index in [2.05, 4.69) is 38.3 Å². The Kier molecular flexibility index (Phi) is 11.1. The van der Waals surface area contributed by atoms with Gasteiger partial charge in [-0.15, -0.1) is 0 Å². The number of likely N-dealkylation sites (N-methyl/N-ethyl adjacent to an activating group) is 1. The van der Waals surface area contributed by atoms with Gasteiger partial charge in [0.25, 0.3) is 0 Å². The second kappa shape index (κ2) is 11.5. The second-order valence-corrected chi connectivity index (χ2v) is 9.96. The monoisotopic (exact) mass is 488 g/mol. The number of quaternary nitrogens is 1. The Labute approximate surface area is 173 Å². The maximum absolute atomic E-state index is 11.4. The van der Waals surface area contributed by atoms with E-state index in [4.69, 9.17) is 0 Å². The standard InChI is InChI=1S/C14H26N.C2F6NO4S2/c1-3-5-6-7-9-12-15(4-2)13-10-8-11-14-15;3-1(4,5)14(10,11)9-15(12,13)2(6,7)8/h8,10-11,13H,3-7,9,12,14H2,1-2H3;/q+1;-1. The van der Waals surface area contributed by atoms with Crippen molar-refractivity contribution in [3.63, 3.8) is 0 Å². The molecule has 0 aromatic carbocycles. The zero-order valence-corrected chi connectivity index (χ0v) is 18.2. The number of halogens is 6. The number of sulfonamides is 2. The van der Waals surface area contributed by atoms with Crippen molar-refractivity contribution in [1.29, 1.82) is 0 Å². The van der Waals surface area contributed by atoms with Crippen LogP contribution in [0.15, 0.2) is 24.4 Å². The molecule has 0 aliphatic carbocycles. The molecule has 0 N–H and O–H groups in total. The van der Waals surface area contributed by atoms with Gasteiger partial charge >= 0.3 is 11.0 Å². The first-order valence-electron chi connectivity index (χ1n) is 9.10. The van der Waals surface area contributed by atoms with Crippen LogP contribution in [-0.2, 0) is 20.0 Å². The Morgan fingerprint density at radius 2 is 1.33 bits per heavy atom. The highest BCUT2D eigenvalue weighted by Crippen LogP contribution is 2.36. The molecule has 1 atom stereocenters. The zero-order valence-electron chi connectivity index (χ0n) is 16.6. The van der Waals surface area contributed by atoms with E-state index in [1.54, 1.807) is 0 Å². The van der Waals surface area contributed by atoms with Gasteiger partial charge in [-0.2, -0.15) is 26.3 Å². The highest BCUT2D eigenvalue weighted by atomic mass is 32.3. The topological polar surface area (TPSA) is 82.4 Å². The van der Waals surface area contributed by atoms with Crippen molar-refractivity contribution < 1.29 is 47.7 Å². The third kappa shape index (κ3) is 9.35. The Morgan fingerprint density at radius 3 is 1.70 bits per heavy atom. The molecule has 0 radical (unpaired) electrons. The maximum atomic E-state index is 11.4. The largest absolute Gasteiger partial charge is 0.480 e. The van der Waals surface area contributed by atoms with E-state index < -0.39 is 31.1 Å². The fourth-order valence-electron chi connectivity index (χ4n) is 2.44. The van der Waals surface area contributed by atoms with Crippen LogP contribution in [-0.4, -0.2) is 52.0 Å². The Morgan fingerprint density at radius 1 is 0.833 bits per heavy atom. The molecule has 0 saturated carbocycles. The minimum atomic E-state index is -6.72. The van der Waals surface area contributed by atoms with Gasteiger partial charge in [0.2, 0.25) is 0 Å². The van der Waals surface area contributed by atoms with E-state index in [9.17, 15) is 43.2 Å². The molecule has 1 unspecified atom stereocenters. The number of rotatable bonds is 9. The van der Waals surface area contributed by atoms with Crippen LogP contribution < -0.4 is 0 Å². The average molecular weight is 489 g/mol. The molecule has 0 amide bonds. The Balaban J connectivity index is 0.000000561. The number of unbranched alkanes of at least 4 members (excludes halogenated alkanes) is 4. The minimum Gasteiger partial charge on any atom is -0.421 e. The van der Waals surface area contributed by atoms with Crippen molar-refractivity contribution in [1.82, 2.24) is 0 Å². The van der Waals surface area contributed by atoms with E-state index in [0.717, 1.165) is 4.13 Å². The van der Waals surface area contributed by atoms with Gasteiger partial charge < -0.3 is 4.13 Å². The molecule has 6 nitrogen and oxygen atoms in total. The Hall–Kier alpha value is -1.12. The molecular weight excluding hydrogens is 462 g/mol. The summed E-state index contributed by atoms with van der Waals surface area (Å²) in [7, 11) is -13.4. The zero-order chi connectivity index (χ0) is 23.7. The maximum Gasteiger partial charge on any atom is 0.480 e. The fraction of sp³-hybridized carbons (Fsp3) is 0.750. The number of hydrogen-bond acceptors (Lipinski definition) is 4. The van der Waals surface area contributed by atoms with Crippen molar-refractivity contribution in [3.05, 3.63) is 28.6 Å². The van der Waals surface area contributed by atoms with E-state index in [1.807, 2.05) is 0 Å². The van der Waals surface area contributed by atoms with Crippen LogP contribution in [0.4, 0.5) is 26.3 Å². The molecule has 1 aliphatic heterocycles. The molecule has 1 heterocycles. The van der Waals surface area contributed by atoms with Crippen LogP contribution in [0.3, 0.4) is 0 Å². The molecule has 178 valence electrons. The molecule has 0 aromatic heterocycles. The summed E-state index contributed by atoms with van der Waals surface area (Å²) in [4.78, 5) is 0. The molecule has 0 fully saturated rings. The summed E-state index contributed by atoms with van der Waals surface area (Å²) in [6.07, 6.45) is 16.0. The lowest BCUT2D eigenvalue weighted by molar-refractivity contribution is -0.872. The molecule has 0 saturated heterocycles. The third-order valence-corrected chi connectivity index (χ3v) is 6.98. The summed E-state index contributed by atoms with van der Waals surface area (Å²) < 4.78 is 110. The first-order chi connectivity index (χ1) is 13.5. The smallest absolute Gasteiger partial charge is 0.421 e. The second-order valence-electron chi connectivity index (χ2n) is 6.54. The number of alkyl halides is 6. The van der Waals surface area contributed by atoms with Gasteiger partial charge in [0.05, 0.1) is 19.3 Å². The summed E-state index contributed by atoms with van der Waals surface area (Å²) in [6.45, 7) is 8.32. The summed E-state index contributed by atoms with van der Waals surface area (Å²) >= 11 is 0. The molecule has 14 heteroatoms. The molecule has 0 bridgehead atoms. The summed E-state index contributed by atoms with van der Waals surface area (Å²) in [5, 5.41) is 0. The average Bonchev–Trinajstić information content (AvgIpc) is 2.60. The van der Waals surface area contributed by atoms with Crippen LogP contribution in [0.5, 0.6) is 0 Å². The van der Waals surface area contributed by atoms with Gasteiger partial charge in [0.1, 0.15) is 6.54 Å². The fourth-order valence-corrected chi connectivity index (χ4v) is 4.15. The van der Waals surface area contributed by atoms with Gasteiger partial charge in [0, 0.05) is 0 Å². The predicted molar refractivity (Wildman–Crippen MR) is 101 cm³/mol. The van der Waals surface area contributed by atoms with Crippen LogP contribution in [0.2, 0.25) is 0 Å². The molecule has 1 rings (SSSR count). The summed E-state index contributed by atoms with van der Waals surface area (Å²) in [5.74, 6) is 0. The molecule has 1 aliphatic rings. The number of nitrogens with zero attached hydrogens (tertiary/aromatic N) is 2. The number of hydrogen-bond donors (Lipinski definition) is 0. The van der Waals surface area contributed by atoms with E-state index in [-0.39, 0.29) is 0 Å². The van der Waals surface area contributed by atoms with Gasteiger partial charge in [-0.1, -0.05) is 32.3 Å². The lowest BCUT2D eigenvalue weighted by atomic mass is 10.1. The van der Waals surface area contributed by atoms with Gasteiger partial charge in [0.15, 0.2) is 20.0 Å². The highest BCUT2D eigenvalue weighted by molar-refractivity contribution is 8.13. The Bertz CT molecular complexity index is 748. The van der Waals surface area contributed by atoms with Crippen molar-refractivity contribution in [2.24, 2.45) is 0 Å². The first-order valence-corrected chi connectivity index (χ1v) is 12.0. The lowest BCUT2D eigenvalue weighted by Crippen LogP contribution is -2.44. The summed E-state index contributed by atoms with van der Waals surface area (Å²) in [5.41, 5.74) is -12.4. The van der Waals surface area contributed by atoms with Gasteiger partial charge in [-0.25, -0.2) is 16.8 Å². The van der Waals surface area contributed by atoms with Crippen molar-refractivity contribution in [2.45, 2.75) is 57.0 Å². The SMILES string of the molecule is CCCCCCC[N+]1(CC)C=CC=CC1.O=S(=O)([N-]S(=O)(=O)C(F)(F)F)C(F)(F)F. The predicted octanol–water partition coefficient (Wildman–Crippen LogP) is 4.94. The first kappa shape index (κ1) is 28.9. The molecule has 0 spiro atoms. The number of allylic oxidation sites excluding steroid dienone is 2. The van der Waals surface area contributed by atoms with Crippen molar-refractivity contribution in [3.8, 4) is 0 Å². The van der Waals surface area contributed by atoms with E-state index in [1.165, 1.54) is 56.2 Å². The van der Waals surface area contributed by atoms with E-state index in [0.29, 0.717) is 0 Å². The van der Waals surface area contributed by atoms with Crippen LogP contribution >= 0.6 is 0 Å². The molecule has 30 heavy (non-hydrogen) atoms. The van der Waals surface area contributed by atoms with Gasteiger partial charge in [-0.3, -0.25) is 4.48 Å². The lowest BCUT2D eigenvalue weighted by Gasteiger charge is -2.34. The highest BCUT2D eigenvalue weighted by Gasteiger charge is 2.46. The van der Waals surface area contributed by atoms with Crippen LogP contribution in [0.25, 0.3) is 4.13 Å². The summed E-state index contributed by atoms with van der Waals surface area (Å²) in [6, 6.07) is 0. The quantitative estimate of drug-likeness (QED) is 0.262.